The number of benzene rings is 1. The summed E-state index contributed by atoms with van der Waals surface area (Å²) in [5, 5.41) is 2.20. The lowest BCUT2D eigenvalue weighted by Crippen LogP contribution is -2.36. The van der Waals surface area contributed by atoms with Crippen LogP contribution >= 0.6 is 0 Å². The van der Waals surface area contributed by atoms with E-state index in [9.17, 15) is 18.0 Å². The van der Waals surface area contributed by atoms with Gasteiger partial charge in [0.15, 0.2) is 0 Å². The number of allylic oxidation sites excluding steroid dienone is 1. The van der Waals surface area contributed by atoms with Crippen LogP contribution in [0.4, 0.5) is 4.79 Å². The Balaban J connectivity index is 1.27. The second-order valence-electron chi connectivity index (χ2n) is 8.63. The van der Waals surface area contributed by atoms with Crippen LogP contribution in [0.15, 0.2) is 36.4 Å². The zero-order valence-electron chi connectivity index (χ0n) is 17.5. The van der Waals surface area contributed by atoms with Crippen LogP contribution in [0.3, 0.4) is 0 Å². The second kappa shape index (κ2) is 9.00. The van der Waals surface area contributed by atoms with Crippen LogP contribution in [-0.4, -0.2) is 50.7 Å². The Kier molecular flexibility index (Phi) is 6.34. The Bertz CT molecular complexity index is 967. The summed E-state index contributed by atoms with van der Waals surface area (Å²) in [6.45, 7) is 1.04. The number of carbonyl (C=O) groups excluding carboxylic acids is 2. The summed E-state index contributed by atoms with van der Waals surface area (Å²) in [5.74, 6) is 1.08. The van der Waals surface area contributed by atoms with Gasteiger partial charge in [0, 0.05) is 6.54 Å². The highest BCUT2D eigenvalue weighted by molar-refractivity contribution is 7.89. The molecule has 0 radical (unpaired) electrons. The van der Waals surface area contributed by atoms with Gasteiger partial charge < -0.3 is 9.64 Å². The average molecular weight is 448 g/mol. The number of hydrogen-bond acceptors (Lipinski definition) is 5. The highest BCUT2D eigenvalue weighted by Gasteiger charge is 2.47. The summed E-state index contributed by atoms with van der Waals surface area (Å²) in [5.41, 5.74) is 0.411. The third-order valence-corrected chi connectivity index (χ3v) is 7.59. The molecule has 0 spiro atoms. The highest BCUT2D eigenvalue weighted by atomic mass is 32.2. The van der Waals surface area contributed by atoms with Crippen LogP contribution in [0.25, 0.3) is 0 Å². The van der Waals surface area contributed by atoms with E-state index in [2.05, 4.69) is 10.0 Å². The summed E-state index contributed by atoms with van der Waals surface area (Å²) in [6.07, 6.45) is 9.04. The van der Waals surface area contributed by atoms with Crippen molar-refractivity contribution in [2.24, 2.45) is 5.92 Å². The van der Waals surface area contributed by atoms with Crippen LogP contribution in [0.1, 0.15) is 44.1 Å². The summed E-state index contributed by atoms with van der Waals surface area (Å²) < 4.78 is 34.0. The molecule has 1 heterocycles. The molecule has 2 N–H and O–H groups in total. The van der Waals surface area contributed by atoms with E-state index in [0.29, 0.717) is 12.3 Å². The number of imide groups is 1. The van der Waals surface area contributed by atoms with E-state index in [1.807, 2.05) is 24.3 Å². The number of amides is 3. The van der Waals surface area contributed by atoms with Crippen LogP contribution in [0, 0.1) is 5.92 Å². The lowest BCUT2D eigenvalue weighted by atomic mass is 9.86. The Morgan fingerprint density at radius 2 is 2.03 bits per heavy atom. The maximum Gasteiger partial charge on any atom is 0.324 e. The lowest BCUT2D eigenvalue weighted by molar-refractivity contribution is -0.118. The predicted octanol–water partition coefficient (Wildman–Crippen LogP) is 2.27. The Hall–Kier alpha value is -2.39. The van der Waals surface area contributed by atoms with Gasteiger partial charge in [0.05, 0.1) is 17.9 Å². The van der Waals surface area contributed by atoms with E-state index in [1.54, 1.807) is 12.2 Å². The Morgan fingerprint density at radius 3 is 2.68 bits per heavy atom. The maximum absolute atomic E-state index is 12.6. The Morgan fingerprint density at radius 1 is 1.23 bits per heavy atom. The molecule has 9 heteroatoms. The number of ether oxygens (including phenoxy) is 1. The van der Waals surface area contributed by atoms with Gasteiger partial charge in [-0.2, -0.15) is 0 Å². The minimum atomic E-state index is -3.47. The van der Waals surface area contributed by atoms with E-state index in [1.165, 1.54) is 24.2 Å². The molecule has 3 aliphatic rings. The van der Waals surface area contributed by atoms with Gasteiger partial charge in [0.25, 0.3) is 0 Å². The van der Waals surface area contributed by atoms with Crippen molar-refractivity contribution >= 4 is 22.0 Å². The first-order valence-electron chi connectivity index (χ1n) is 10.8. The number of sulfonamides is 1. The van der Waals surface area contributed by atoms with Gasteiger partial charge in [0.1, 0.15) is 12.3 Å². The molecule has 1 saturated heterocycles. The molecule has 8 nitrogen and oxygen atoms in total. The molecular formula is C22H29N3O5S. The van der Waals surface area contributed by atoms with Gasteiger partial charge in [-0.3, -0.25) is 10.1 Å². The largest absolute Gasteiger partial charge is 0.493 e. The molecule has 1 aromatic carbocycles. The lowest BCUT2D eigenvalue weighted by Gasteiger charge is -2.25. The quantitative estimate of drug-likeness (QED) is 0.400. The van der Waals surface area contributed by atoms with Crippen LogP contribution < -0.4 is 14.8 Å². The third-order valence-electron chi connectivity index (χ3n) is 6.11. The van der Waals surface area contributed by atoms with E-state index in [4.69, 9.17) is 4.74 Å². The van der Waals surface area contributed by atoms with Gasteiger partial charge in [-0.1, -0.05) is 30.7 Å². The van der Waals surface area contributed by atoms with Crippen molar-refractivity contribution in [3.63, 3.8) is 0 Å². The van der Waals surface area contributed by atoms with Crippen molar-refractivity contribution in [3.05, 3.63) is 42.0 Å². The topological polar surface area (TPSA) is 105 Å². The molecule has 1 aromatic rings. The first-order chi connectivity index (χ1) is 14.9. The first-order valence-corrected chi connectivity index (χ1v) is 12.5. The zero-order chi connectivity index (χ0) is 21.9. The molecule has 3 amide bonds. The van der Waals surface area contributed by atoms with Crippen molar-refractivity contribution in [2.75, 3.05) is 25.4 Å². The Labute approximate surface area is 183 Å². The fourth-order valence-corrected chi connectivity index (χ4v) is 5.32. The van der Waals surface area contributed by atoms with Gasteiger partial charge in [-0.05, 0) is 55.7 Å². The summed E-state index contributed by atoms with van der Waals surface area (Å²) in [6, 6.07) is 7.33. The van der Waals surface area contributed by atoms with Crippen molar-refractivity contribution in [1.82, 2.24) is 14.9 Å². The van der Waals surface area contributed by atoms with E-state index >= 15 is 0 Å². The van der Waals surface area contributed by atoms with Gasteiger partial charge >= 0.3 is 6.03 Å². The molecule has 4 rings (SSSR count). The van der Waals surface area contributed by atoms with Gasteiger partial charge in [-0.15, -0.1) is 0 Å². The van der Waals surface area contributed by atoms with Crippen molar-refractivity contribution < 1.29 is 22.7 Å². The maximum atomic E-state index is 12.6. The van der Waals surface area contributed by atoms with Crippen LogP contribution in [0.5, 0.6) is 5.75 Å². The number of urea groups is 1. The molecule has 0 bridgehead atoms. The summed E-state index contributed by atoms with van der Waals surface area (Å²) in [4.78, 5) is 24.0. The average Bonchev–Trinajstić information content (AvgIpc) is 3.38. The SMILES string of the molecule is O=C1CN(C/C=C/CCS(=O)(=O)NC2(c3cccc(OCC4CCC4)c3)CC2)C(=O)N1. The van der Waals surface area contributed by atoms with Crippen molar-refractivity contribution in [1.29, 1.82) is 0 Å². The number of nitrogens with zero attached hydrogens (tertiary/aromatic N) is 1. The summed E-state index contributed by atoms with van der Waals surface area (Å²) in [7, 11) is -3.47. The molecule has 168 valence electrons. The molecule has 2 aliphatic carbocycles. The summed E-state index contributed by atoms with van der Waals surface area (Å²) >= 11 is 0. The monoisotopic (exact) mass is 447 g/mol. The second-order valence-corrected chi connectivity index (χ2v) is 10.5. The van der Waals surface area contributed by atoms with E-state index < -0.39 is 21.6 Å². The highest BCUT2D eigenvalue weighted by Crippen LogP contribution is 2.47. The van der Waals surface area contributed by atoms with E-state index in [-0.39, 0.29) is 24.7 Å². The third kappa shape index (κ3) is 5.65. The molecule has 1 aliphatic heterocycles. The van der Waals surface area contributed by atoms with Crippen LogP contribution in [-0.2, 0) is 20.4 Å². The minimum absolute atomic E-state index is 0.0335. The normalized spacial score (nSPS) is 20.7. The molecule has 2 saturated carbocycles. The number of nitrogens with one attached hydrogen (secondary N) is 2. The molecule has 3 fully saturated rings. The minimum Gasteiger partial charge on any atom is -0.493 e. The fourth-order valence-electron chi connectivity index (χ4n) is 3.85. The molecule has 0 unspecified atom stereocenters. The molecular weight excluding hydrogens is 418 g/mol. The van der Waals surface area contributed by atoms with E-state index in [0.717, 1.165) is 30.8 Å². The molecule has 0 atom stereocenters. The predicted molar refractivity (Wildman–Crippen MR) is 116 cm³/mol. The van der Waals surface area contributed by atoms with Gasteiger partial charge in [-0.25, -0.2) is 17.9 Å². The number of hydrogen-bond donors (Lipinski definition) is 2. The number of carbonyl (C=O) groups is 2. The standard InChI is InChI=1S/C22H29N3O5S/c26-20-15-25(21(27)23-20)12-2-1-3-13-31(28,29)24-22(10-11-22)18-8-5-9-19(14-18)30-16-17-6-4-7-17/h1-2,5,8-9,14,17,24H,3-4,6-7,10-13,15-16H2,(H,23,26,27)/b2-1+. The van der Waals surface area contributed by atoms with Crippen LogP contribution in [0.2, 0.25) is 0 Å². The first kappa shape index (κ1) is 21.8. The zero-order valence-corrected chi connectivity index (χ0v) is 18.3. The van der Waals surface area contributed by atoms with Crippen molar-refractivity contribution in [3.8, 4) is 5.75 Å². The molecule has 31 heavy (non-hydrogen) atoms. The van der Waals surface area contributed by atoms with Gasteiger partial charge in [0.2, 0.25) is 15.9 Å². The molecule has 0 aromatic heterocycles. The smallest absolute Gasteiger partial charge is 0.324 e. The number of rotatable bonds is 11. The van der Waals surface area contributed by atoms with Crippen molar-refractivity contribution in [2.45, 2.75) is 44.1 Å². The fraction of sp³-hybridized carbons (Fsp3) is 0.545.